The van der Waals surface area contributed by atoms with Gasteiger partial charge in [0.2, 0.25) is 5.91 Å². The Labute approximate surface area is 131 Å². The number of hydrogen-bond donors (Lipinski definition) is 1. The summed E-state index contributed by atoms with van der Waals surface area (Å²) in [6, 6.07) is -0.567. The SMILES string of the molecule is Cc1csc(N2CCN([C@H](C)C(=O)NCC(F)(F)F)CC2)n1. The van der Waals surface area contributed by atoms with E-state index in [0.29, 0.717) is 26.2 Å². The first kappa shape index (κ1) is 17.0. The molecule has 1 saturated heterocycles. The molecule has 1 aromatic heterocycles. The molecule has 0 aromatic carbocycles. The van der Waals surface area contributed by atoms with Crippen LogP contribution in [0.4, 0.5) is 18.3 Å². The Morgan fingerprint density at radius 1 is 1.41 bits per heavy atom. The van der Waals surface area contributed by atoms with Gasteiger partial charge in [-0.2, -0.15) is 13.2 Å². The number of alkyl halides is 3. The van der Waals surface area contributed by atoms with Crippen LogP contribution in [-0.4, -0.2) is 60.7 Å². The number of halogens is 3. The van der Waals surface area contributed by atoms with Crippen LogP contribution >= 0.6 is 11.3 Å². The predicted molar refractivity (Wildman–Crippen MR) is 79.2 cm³/mol. The molecular weight excluding hydrogens is 317 g/mol. The highest BCUT2D eigenvalue weighted by molar-refractivity contribution is 7.13. The molecule has 22 heavy (non-hydrogen) atoms. The van der Waals surface area contributed by atoms with Crippen molar-refractivity contribution in [2.24, 2.45) is 0 Å². The molecule has 124 valence electrons. The molecule has 0 bridgehead atoms. The fourth-order valence-electron chi connectivity index (χ4n) is 2.29. The van der Waals surface area contributed by atoms with Crippen LogP contribution < -0.4 is 10.2 Å². The summed E-state index contributed by atoms with van der Waals surface area (Å²) in [5.41, 5.74) is 0.974. The number of nitrogens with one attached hydrogen (secondary N) is 1. The quantitative estimate of drug-likeness (QED) is 0.908. The van der Waals surface area contributed by atoms with Crippen molar-refractivity contribution in [3.63, 3.8) is 0 Å². The Kier molecular flexibility index (Phi) is 5.28. The average Bonchev–Trinajstić information content (AvgIpc) is 2.90. The Morgan fingerprint density at radius 2 is 2.05 bits per heavy atom. The van der Waals surface area contributed by atoms with E-state index in [1.165, 1.54) is 0 Å². The van der Waals surface area contributed by atoms with E-state index in [9.17, 15) is 18.0 Å². The zero-order chi connectivity index (χ0) is 16.3. The lowest BCUT2D eigenvalue weighted by molar-refractivity contribution is -0.141. The van der Waals surface area contributed by atoms with Crippen molar-refractivity contribution in [2.75, 3.05) is 37.6 Å². The fourth-order valence-corrected chi connectivity index (χ4v) is 3.15. The van der Waals surface area contributed by atoms with Crippen LogP contribution in [0.3, 0.4) is 0 Å². The van der Waals surface area contributed by atoms with E-state index in [1.807, 2.05) is 22.5 Å². The maximum Gasteiger partial charge on any atom is 0.405 e. The average molecular weight is 336 g/mol. The second-order valence-corrected chi connectivity index (χ2v) is 6.14. The van der Waals surface area contributed by atoms with Crippen molar-refractivity contribution in [2.45, 2.75) is 26.1 Å². The summed E-state index contributed by atoms with van der Waals surface area (Å²) in [6.45, 7) is 4.96. The highest BCUT2D eigenvalue weighted by Crippen LogP contribution is 2.22. The van der Waals surface area contributed by atoms with E-state index < -0.39 is 24.7 Å². The molecule has 1 N–H and O–H groups in total. The number of amides is 1. The van der Waals surface area contributed by atoms with Crippen LogP contribution in [0.5, 0.6) is 0 Å². The van der Waals surface area contributed by atoms with Gasteiger partial charge in [0.25, 0.3) is 0 Å². The van der Waals surface area contributed by atoms with Gasteiger partial charge in [0.1, 0.15) is 6.54 Å². The van der Waals surface area contributed by atoms with E-state index in [-0.39, 0.29) is 0 Å². The van der Waals surface area contributed by atoms with Crippen molar-refractivity contribution in [1.82, 2.24) is 15.2 Å². The number of carbonyl (C=O) groups excluding carboxylic acids is 1. The lowest BCUT2D eigenvalue weighted by Gasteiger charge is -2.37. The van der Waals surface area contributed by atoms with Gasteiger partial charge < -0.3 is 10.2 Å². The third kappa shape index (κ3) is 4.57. The minimum absolute atomic E-state index is 0.567. The normalized spacial score (nSPS) is 18.3. The van der Waals surface area contributed by atoms with Crippen molar-refractivity contribution in [3.8, 4) is 0 Å². The summed E-state index contributed by atoms with van der Waals surface area (Å²) >= 11 is 1.57. The number of hydrogen-bond acceptors (Lipinski definition) is 5. The van der Waals surface area contributed by atoms with E-state index in [2.05, 4.69) is 9.88 Å². The number of piperazine rings is 1. The summed E-state index contributed by atoms with van der Waals surface area (Å²) in [5, 5.41) is 4.87. The van der Waals surface area contributed by atoms with Crippen LogP contribution in [0.1, 0.15) is 12.6 Å². The van der Waals surface area contributed by atoms with Gasteiger partial charge in [-0.05, 0) is 13.8 Å². The van der Waals surface area contributed by atoms with Crippen LogP contribution in [0.15, 0.2) is 5.38 Å². The number of nitrogens with zero attached hydrogens (tertiary/aromatic N) is 3. The van der Waals surface area contributed by atoms with E-state index in [1.54, 1.807) is 18.3 Å². The highest BCUT2D eigenvalue weighted by Gasteiger charge is 2.31. The topological polar surface area (TPSA) is 48.5 Å². The molecule has 1 amide bonds. The molecule has 0 radical (unpaired) electrons. The van der Waals surface area contributed by atoms with Gasteiger partial charge in [-0.15, -0.1) is 11.3 Å². The van der Waals surface area contributed by atoms with E-state index in [0.717, 1.165) is 10.8 Å². The van der Waals surface area contributed by atoms with Gasteiger partial charge in [0, 0.05) is 31.6 Å². The van der Waals surface area contributed by atoms with Crippen LogP contribution in [0.2, 0.25) is 0 Å². The second-order valence-electron chi connectivity index (χ2n) is 5.30. The molecule has 1 aliphatic rings. The number of thiazole rings is 1. The molecule has 1 aromatic rings. The first-order valence-corrected chi connectivity index (χ1v) is 7.90. The molecule has 1 fully saturated rings. The lowest BCUT2D eigenvalue weighted by Crippen LogP contribution is -2.54. The first-order valence-electron chi connectivity index (χ1n) is 7.02. The largest absolute Gasteiger partial charge is 0.405 e. The zero-order valence-electron chi connectivity index (χ0n) is 12.5. The molecule has 1 atom stereocenters. The van der Waals surface area contributed by atoms with Gasteiger partial charge in [0.05, 0.1) is 11.7 Å². The van der Waals surface area contributed by atoms with Crippen molar-refractivity contribution >= 4 is 22.4 Å². The monoisotopic (exact) mass is 336 g/mol. The van der Waals surface area contributed by atoms with E-state index in [4.69, 9.17) is 0 Å². The zero-order valence-corrected chi connectivity index (χ0v) is 13.3. The summed E-state index contributed by atoms with van der Waals surface area (Å²) in [7, 11) is 0. The highest BCUT2D eigenvalue weighted by atomic mass is 32.1. The molecule has 0 saturated carbocycles. The van der Waals surface area contributed by atoms with E-state index >= 15 is 0 Å². The summed E-state index contributed by atoms with van der Waals surface area (Å²) in [6.07, 6.45) is -4.38. The maximum atomic E-state index is 12.1. The Morgan fingerprint density at radius 3 is 2.55 bits per heavy atom. The van der Waals surface area contributed by atoms with Crippen LogP contribution in [0, 0.1) is 6.92 Å². The number of rotatable bonds is 4. The standard InChI is InChI=1S/C13H19F3N4OS/c1-9-7-22-12(18-9)20-5-3-19(4-6-20)10(2)11(21)17-8-13(14,15)16/h7,10H,3-6,8H2,1-2H3,(H,17,21)/t10-/m1/s1. The third-order valence-corrected chi connectivity index (χ3v) is 4.60. The molecule has 2 rings (SSSR count). The Bertz CT molecular complexity index is 512. The van der Waals surface area contributed by atoms with Gasteiger partial charge in [-0.3, -0.25) is 9.69 Å². The fraction of sp³-hybridized carbons (Fsp3) is 0.692. The van der Waals surface area contributed by atoms with Crippen molar-refractivity contribution in [3.05, 3.63) is 11.1 Å². The Hall–Kier alpha value is -1.35. The second kappa shape index (κ2) is 6.82. The third-order valence-electron chi connectivity index (χ3n) is 3.58. The smallest absolute Gasteiger partial charge is 0.346 e. The van der Waals surface area contributed by atoms with Crippen molar-refractivity contribution < 1.29 is 18.0 Å². The molecule has 0 aliphatic carbocycles. The van der Waals surface area contributed by atoms with Gasteiger partial charge >= 0.3 is 6.18 Å². The molecular formula is C13H19F3N4OS. The van der Waals surface area contributed by atoms with Gasteiger partial charge in [-0.25, -0.2) is 4.98 Å². The van der Waals surface area contributed by atoms with Crippen molar-refractivity contribution in [1.29, 1.82) is 0 Å². The number of aromatic nitrogens is 1. The predicted octanol–water partition coefficient (Wildman–Crippen LogP) is 1.64. The lowest BCUT2D eigenvalue weighted by atomic mass is 10.2. The first-order chi connectivity index (χ1) is 10.3. The number of anilines is 1. The Balaban J connectivity index is 1.81. The molecule has 1 aliphatic heterocycles. The number of carbonyl (C=O) groups is 1. The minimum atomic E-state index is -4.38. The van der Waals surface area contributed by atoms with Crippen LogP contribution in [-0.2, 0) is 4.79 Å². The molecule has 2 heterocycles. The minimum Gasteiger partial charge on any atom is -0.346 e. The summed E-state index contributed by atoms with van der Waals surface area (Å²) < 4.78 is 36.4. The van der Waals surface area contributed by atoms with Gasteiger partial charge in [-0.1, -0.05) is 0 Å². The summed E-state index contributed by atoms with van der Waals surface area (Å²) in [5.74, 6) is -0.587. The van der Waals surface area contributed by atoms with Gasteiger partial charge in [0.15, 0.2) is 5.13 Å². The maximum absolute atomic E-state index is 12.1. The summed E-state index contributed by atoms with van der Waals surface area (Å²) in [4.78, 5) is 20.2. The molecule has 0 unspecified atom stereocenters. The molecule has 5 nitrogen and oxygen atoms in total. The molecule has 9 heteroatoms. The molecule has 0 spiro atoms. The van der Waals surface area contributed by atoms with Crippen LogP contribution in [0.25, 0.3) is 0 Å². The number of aryl methyl sites for hydroxylation is 1.